The van der Waals surface area contributed by atoms with Crippen LogP contribution in [0.25, 0.3) is 0 Å². The van der Waals surface area contributed by atoms with Crippen LogP contribution in [-0.4, -0.2) is 44.2 Å². The van der Waals surface area contributed by atoms with Crippen molar-refractivity contribution in [2.24, 2.45) is 0 Å². The highest BCUT2D eigenvalue weighted by Crippen LogP contribution is 2.15. The molecule has 1 rings (SSSR count). The lowest BCUT2D eigenvalue weighted by molar-refractivity contribution is -0.170. The Kier molecular flexibility index (Phi) is 5.08. The molecule has 1 heterocycles. The summed E-state index contributed by atoms with van der Waals surface area (Å²) >= 11 is 0. The first-order chi connectivity index (χ1) is 7.56. The maximum atomic E-state index is 13.2. The van der Waals surface area contributed by atoms with E-state index in [9.17, 15) is 13.6 Å². The van der Waals surface area contributed by atoms with Gasteiger partial charge in [-0.2, -0.15) is 8.78 Å². The largest absolute Gasteiger partial charge is 0.462 e. The second kappa shape index (κ2) is 6.10. The van der Waals surface area contributed by atoms with E-state index in [1.165, 1.54) is 6.92 Å². The summed E-state index contributed by atoms with van der Waals surface area (Å²) in [6, 6.07) is 0.0570. The summed E-state index contributed by atoms with van der Waals surface area (Å²) in [6.07, 6.45) is 1.61. The molecule has 0 aromatic carbocycles. The zero-order valence-corrected chi connectivity index (χ0v) is 9.39. The normalized spacial score (nSPS) is 18.4. The molecule has 0 unspecified atom stereocenters. The van der Waals surface area contributed by atoms with Gasteiger partial charge in [0.1, 0.15) is 0 Å². The highest BCUT2D eigenvalue weighted by Gasteiger charge is 2.40. The Morgan fingerprint density at radius 3 is 2.69 bits per heavy atom. The van der Waals surface area contributed by atoms with Crippen molar-refractivity contribution in [3.8, 4) is 0 Å². The molecule has 4 nitrogen and oxygen atoms in total. The topological polar surface area (TPSA) is 50.4 Å². The molecule has 6 heteroatoms. The van der Waals surface area contributed by atoms with E-state index in [4.69, 9.17) is 0 Å². The zero-order chi connectivity index (χ0) is 12.0. The van der Waals surface area contributed by atoms with Crippen molar-refractivity contribution in [1.82, 2.24) is 10.6 Å². The maximum absolute atomic E-state index is 13.2. The first-order valence-electron chi connectivity index (χ1n) is 5.55. The van der Waals surface area contributed by atoms with Gasteiger partial charge in [0, 0.05) is 6.04 Å². The van der Waals surface area contributed by atoms with Crippen LogP contribution in [0, 0.1) is 0 Å². The summed E-state index contributed by atoms with van der Waals surface area (Å²) in [4.78, 5) is 10.9. The molecule has 1 aliphatic heterocycles. The minimum Gasteiger partial charge on any atom is -0.462 e. The van der Waals surface area contributed by atoms with Crippen molar-refractivity contribution in [2.45, 2.75) is 31.7 Å². The summed E-state index contributed by atoms with van der Waals surface area (Å²) in [6.45, 7) is 2.48. The van der Waals surface area contributed by atoms with Gasteiger partial charge in [-0.15, -0.1) is 0 Å². The van der Waals surface area contributed by atoms with Gasteiger partial charge in [-0.05, 0) is 32.9 Å². The molecule has 0 atom stereocenters. The first kappa shape index (κ1) is 13.3. The molecule has 0 aliphatic carbocycles. The fourth-order valence-corrected chi connectivity index (χ4v) is 1.61. The van der Waals surface area contributed by atoms with E-state index >= 15 is 0 Å². The van der Waals surface area contributed by atoms with E-state index in [2.05, 4.69) is 15.4 Å². The zero-order valence-electron chi connectivity index (χ0n) is 9.39. The van der Waals surface area contributed by atoms with Crippen LogP contribution in [0.3, 0.4) is 0 Å². The minimum absolute atomic E-state index is 0.0260. The molecule has 0 aromatic heterocycles. The van der Waals surface area contributed by atoms with Gasteiger partial charge in [-0.3, -0.25) is 0 Å². The number of halogens is 2. The summed E-state index contributed by atoms with van der Waals surface area (Å²) in [5.74, 6) is -4.88. The number of hydrogen-bond donors (Lipinski definition) is 2. The van der Waals surface area contributed by atoms with Crippen LogP contribution in [0.4, 0.5) is 8.78 Å². The Bertz CT molecular complexity index is 231. The molecular weight excluding hydrogens is 218 g/mol. The van der Waals surface area contributed by atoms with Crippen LogP contribution >= 0.6 is 0 Å². The number of rotatable bonds is 5. The van der Waals surface area contributed by atoms with Crippen LogP contribution < -0.4 is 10.6 Å². The molecule has 0 bridgehead atoms. The average Bonchev–Trinajstić information content (AvgIpc) is 2.28. The maximum Gasteiger partial charge on any atom is 0.378 e. The van der Waals surface area contributed by atoms with E-state index in [-0.39, 0.29) is 12.6 Å². The molecule has 0 amide bonds. The molecule has 94 valence electrons. The van der Waals surface area contributed by atoms with Gasteiger partial charge in [0.25, 0.3) is 0 Å². The van der Waals surface area contributed by atoms with Crippen molar-refractivity contribution in [3.05, 3.63) is 0 Å². The summed E-state index contributed by atoms with van der Waals surface area (Å²) in [5, 5.41) is 5.85. The van der Waals surface area contributed by atoms with Crippen molar-refractivity contribution in [3.63, 3.8) is 0 Å². The van der Waals surface area contributed by atoms with E-state index in [1.807, 2.05) is 0 Å². The van der Waals surface area contributed by atoms with E-state index < -0.39 is 18.4 Å². The molecule has 1 saturated heterocycles. The van der Waals surface area contributed by atoms with Crippen LogP contribution in [0.5, 0.6) is 0 Å². The van der Waals surface area contributed by atoms with Crippen molar-refractivity contribution < 1.29 is 18.3 Å². The Hall–Kier alpha value is -0.750. The van der Waals surface area contributed by atoms with Crippen LogP contribution in [0.2, 0.25) is 0 Å². The number of alkyl halides is 2. The SMILES string of the molecule is CCOC(=O)C(F)(F)CNC1CCNCC1. The lowest BCUT2D eigenvalue weighted by Gasteiger charge is -2.25. The van der Waals surface area contributed by atoms with Gasteiger partial charge in [-0.1, -0.05) is 0 Å². The second-order valence-electron chi connectivity index (χ2n) is 3.83. The fraction of sp³-hybridized carbons (Fsp3) is 0.900. The van der Waals surface area contributed by atoms with Crippen LogP contribution in [0.1, 0.15) is 19.8 Å². The number of carbonyl (C=O) groups excluding carboxylic acids is 1. The highest BCUT2D eigenvalue weighted by molar-refractivity contribution is 5.77. The Labute approximate surface area is 93.7 Å². The standard InChI is InChI=1S/C10H18F2N2O2/c1-2-16-9(15)10(11,12)7-14-8-3-5-13-6-4-8/h8,13-14H,2-7H2,1H3. The summed E-state index contributed by atoms with van der Waals surface area (Å²) in [7, 11) is 0. The Balaban J connectivity index is 2.31. The number of nitrogens with one attached hydrogen (secondary N) is 2. The van der Waals surface area contributed by atoms with Gasteiger partial charge < -0.3 is 15.4 Å². The molecule has 1 aliphatic rings. The molecule has 1 fully saturated rings. The summed E-state index contributed by atoms with van der Waals surface area (Å²) < 4.78 is 30.7. The monoisotopic (exact) mass is 236 g/mol. The summed E-state index contributed by atoms with van der Waals surface area (Å²) in [5.41, 5.74) is 0. The number of carbonyl (C=O) groups is 1. The van der Waals surface area contributed by atoms with Gasteiger partial charge in [0.05, 0.1) is 13.2 Å². The molecule has 16 heavy (non-hydrogen) atoms. The third kappa shape index (κ3) is 4.02. The smallest absolute Gasteiger partial charge is 0.378 e. The van der Waals surface area contributed by atoms with Crippen LogP contribution in [-0.2, 0) is 9.53 Å². The third-order valence-electron chi connectivity index (χ3n) is 2.53. The van der Waals surface area contributed by atoms with Crippen LogP contribution in [0.15, 0.2) is 0 Å². The third-order valence-corrected chi connectivity index (χ3v) is 2.53. The van der Waals surface area contributed by atoms with Crippen molar-refractivity contribution >= 4 is 5.97 Å². The second-order valence-corrected chi connectivity index (χ2v) is 3.83. The van der Waals surface area contributed by atoms with Crippen molar-refractivity contribution in [1.29, 1.82) is 0 Å². The van der Waals surface area contributed by atoms with Gasteiger partial charge in [-0.25, -0.2) is 4.79 Å². The van der Waals surface area contributed by atoms with E-state index in [1.54, 1.807) is 0 Å². The van der Waals surface area contributed by atoms with E-state index in [0.717, 1.165) is 25.9 Å². The quantitative estimate of drug-likeness (QED) is 0.684. The molecular formula is C10H18F2N2O2. The molecule has 0 radical (unpaired) electrons. The predicted octanol–water partition coefficient (Wildman–Crippen LogP) is 0.526. The minimum atomic E-state index is -3.43. The number of hydrogen-bond acceptors (Lipinski definition) is 4. The predicted molar refractivity (Wildman–Crippen MR) is 55.5 cm³/mol. The highest BCUT2D eigenvalue weighted by atomic mass is 19.3. The fourth-order valence-electron chi connectivity index (χ4n) is 1.61. The molecule has 0 spiro atoms. The first-order valence-corrected chi connectivity index (χ1v) is 5.55. The molecule has 0 aromatic rings. The van der Waals surface area contributed by atoms with Gasteiger partial charge >= 0.3 is 11.9 Å². The van der Waals surface area contributed by atoms with Gasteiger partial charge in [0.15, 0.2) is 0 Å². The molecule has 2 N–H and O–H groups in total. The number of ether oxygens (including phenoxy) is 1. The Morgan fingerprint density at radius 1 is 1.50 bits per heavy atom. The lowest BCUT2D eigenvalue weighted by Crippen LogP contribution is -2.47. The van der Waals surface area contributed by atoms with Crippen molar-refractivity contribution in [2.75, 3.05) is 26.2 Å². The molecule has 0 saturated carbocycles. The number of esters is 1. The lowest BCUT2D eigenvalue weighted by atomic mass is 10.1. The number of piperidine rings is 1. The van der Waals surface area contributed by atoms with Gasteiger partial charge in [0.2, 0.25) is 0 Å². The average molecular weight is 236 g/mol. The van der Waals surface area contributed by atoms with E-state index in [0.29, 0.717) is 0 Å². The Morgan fingerprint density at radius 2 is 2.12 bits per heavy atom.